The second kappa shape index (κ2) is 8.44. The number of hydrogen-bond donors (Lipinski definition) is 0. The van der Waals surface area contributed by atoms with Crippen molar-refractivity contribution in [1.82, 2.24) is 9.80 Å². The van der Waals surface area contributed by atoms with E-state index in [1.54, 1.807) is 0 Å². The van der Waals surface area contributed by atoms with Gasteiger partial charge in [-0.05, 0) is 12.3 Å². The van der Waals surface area contributed by atoms with E-state index < -0.39 is 0 Å². The molecule has 1 aliphatic rings. The van der Waals surface area contributed by atoms with E-state index in [1.165, 1.54) is 51.5 Å². The average Bonchev–Trinajstić information content (AvgIpc) is 2.69. The molecule has 0 fully saturated rings. The van der Waals surface area contributed by atoms with Crippen LogP contribution in [0.3, 0.4) is 0 Å². The molecule has 0 saturated heterocycles. The molecule has 2 nitrogen and oxygen atoms in total. The summed E-state index contributed by atoms with van der Waals surface area (Å²) in [6.07, 6.45) is 14.8. The number of nitrogens with zero attached hydrogens (tertiary/aromatic N) is 2. The summed E-state index contributed by atoms with van der Waals surface area (Å²) in [7, 11) is 2.19. The Balaban J connectivity index is 2.10. The topological polar surface area (TPSA) is 6.48 Å². The molecule has 0 aliphatic carbocycles. The van der Waals surface area contributed by atoms with Gasteiger partial charge in [0.1, 0.15) is 6.17 Å². The molecule has 1 heterocycles. The Morgan fingerprint density at radius 1 is 0.944 bits per heavy atom. The van der Waals surface area contributed by atoms with Crippen LogP contribution in [-0.4, -0.2) is 29.6 Å². The molecule has 1 rings (SSSR count). The number of unbranched alkanes of at least 4 members (excludes halogenated alkanes) is 6. The predicted molar refractivity (Wildman–Crippen MR) is 80.2 cm³/mol. The molecule has 0 radical (unpaired) electrons. The first-order chi connectivity index (χ1) is 8.66. The lowest BCUT2D eigenvalue weighted by Crippen LogP contribution is -2.41. The van der Waals surface area contributed by atoms with Gasteiger partial charge in [-0.25, -0.2) is 0 Å². The van der Waals surface area contributed by atoms with Crippen molar-refractivity contribution >= 4 is 0 Å². The SMILES string of the molecule is CCCCCCCCCN1C=CN(C)C1C(C)C. The molecule has 0 aromatic heterocycles. The van der Waals surface area contributed by atoms with Crippen LogP contribution in [0.5, 0.6) is 0 Å². The van der Waals surface area contributed by atoms with E-state index in [0.717, 1.165) is 0 Å². The van der Waals surface area contributed by atoms with Crippen molar-refractivity contribution in [2.45, 2.75) is 71.9 Å². The van der Waals surface area contributed by atoms with Crippen molar-refractivity contribution in [3.63, 3.8) is 0 Å². The summed E-state index contributed by atoms with van der Waals surface area (Å²) in [5.41, 5.74) is 0. The van der Waals surface area contributed by atoms with E-state index in [2.05, 4.69) is 50.0 Å². The smallest absolute Gasteiger partial charge is 0.103 e. The van der Waals surface area contributed by atoms with E-state index in [0.29, 0.717) is 12.1 Å². The van der Waals surface area contributed by atoms with Crippen LogP contribution in [0.2, 0.25) is 0 Å². The maximum atomic E-state index is 2.51. The Hall–Kier alpha value is -0.660. The second-order valence-corrected chi connectivity index (χ2v) is 5.98. The van der Waals surface area contributed by atoms with Gasteiger partial charge in [-0.1, -0.05) is 59.3 Å². The Morgan fingerprint density at radius 3 is 2.17 bits per heavy atom. The minimum Gasteiger partial charge on any atom is -0.359 e. The maximum absolute atomic E-state index is 2.51. The normalized spacial score (nSPS) is 19.3. The maximum Gasteiger partial charge on any atom is 0.103 e. The molecule has 1 unspecified atom stereocenters. The number of rotatable bonds is 9. The van der Waals surface area contributed by atoms with Gasteiger partial charge in [0.2, 0.25) is 0 Å². The highest BCUT2D eigenvalue weighted by Crippen LogP contribution is 2.21. The van der Waals surface area contributed by atoms with Crippen LogP contribution in [0.4, 0.5) is 0 Å². The summed E-state index contributed by atoms with van der Waals surface area (Å²) in [6, 6.07) is 0. The quantitative estimate of drug-likeness (QED) is 0.560. The van der Waals surface area contributed by atoms with Crippen molar-refractivity contribution in [2.24, 2.45) is 5.92 Å². The van der Waals surface area contributed by atoms with Crippen LogP contribution in [0.25, 0.3) is 0 Å². The molecule has 18 heavy (non-hydrogen) atoms. The van der Waals surface area contributed by atoms with Gasteiger partial charge in [0.15, 0.2) is 0 Å². The van der Waals surface area contributed by atoms with Crippen molar-refractivity contribution in [1.29, 1.82) is 0 Å². The fourth-order valence-corrected chi connectivity index (χ4v) is 2.91. The highest BCUT2D eigenvalue weighted by Gasteiger charge is 2.25. The molecule has 1 aliphatic heterocycles. The van der Waals surface area contributed by atoms with Crippen LogP contribution in [0, 0.1) is 5.92 Å². The van der Waals surface area contributed by atoms with Crippen LogP contribution in [0.1, 0.15) is 65.7 Å². The van der Waals surface area contributed by atoms with E-state index in [9.17, 15) is 0 Å². The zero-order valence-electron chi connectivity index (χ0n) is 12.9. The van der Waals surface area contributed by atoms with Crippen molar-refractivity contribution in [3.05, 3.63) is 12.4 Å². The first-order valence-corrected chi connectivity index (χ1v) is 7.82. The van der Waals surface area contributed by atoms with Crippen LogP contribution in [0.15, 0.2) is 12.4 Å². The minimum atomic E-state index is 0.574. The third-order valence-electron chi connectivity index (χ3n) is 3.87. The third-order valence-corrected chi connectivity index (χ3v) is 3.87. The molecule has 0 aromatic carbocycles. The summed E-state index contributed by atoms with van der Waals surface area (Å²) in [5, 5.41) is 0. The zero-order chi connectivity index (χ0) is 13.4. The Kier molecular flexibility index (Phi) is 7.22. The van der Waals surface area contributed by atoms with E-state index in [-0.39, 0.29) is 0 Å². The van der Waals surface area contributed by atoms with Gasteiger partial charge in [-0.15, -0.1) is 0 Å². The predicted octanol–water partition coefficient (Wildman–Crippen LogP) is 4.44. The molecule has 0 N–H and O–H groups in total. The fourth-order valence-electron chi connectivity index (χ4n) is 2.91. The monoisotopic (exact) mass is 252 g/mol. The third kappa shape index (κ3) is 4.91. The molecule has 0 spiro atoms. The highest BCUT2D eigenvalue weighted by molar-refractivity contribution is 4.96. The van der Waals surface area contributed by atoms with Gasteiger partial charge in [-0.2, -0.15) is 0 Å². The van der Waals surface area contributed by atoms with E-state index in [4.69, 9.17) is 0 Å². The zero-order valence-corrected chi connectivity index (χ0v) is 12.9. The Morgan fingerprint density at radius 2 is 1.56 bits per heavy atom. The second-order valence-electron chi connectivity index (χ2n) is 5.98. The van der Waals surface area contributed by atoms with E-state index in [1.807, 2.05) is 0 Å². The van der Waals surface area contributed by atoms with Crippen molar-refractivity contribution < 1.29 is 0 Å². The summed E-state index contributed by atoms with van der Waals surface area (Å²) in [5.74, 6) is 0.689. The summed E-state index contributed by atoms with van der Waals surface area (Å²) in [4.78, 5) is 4.85. The Labute approximate surface area is 114 Å². The highest BCUT2D eigenvalue weighted by atomic mass is 15.4. The van der Waals surface area contributed by atoms with Gasteiger partial charge in [0.25, 0.3) is 0 Å². The van der Waals surface area contributed by atoms with Gasteiger partial charge < -0.3 is 9.80 Å². The largest absolute Gasteiger partial charge is 0.359 e. The first-order valence-electron chi connectivity index (χ1n) is 7.82. The van der Waals surface area contributed by atoms with Crippen LogP contribution >= 0.6 is 0 Å². The van der Waals surface area contributed by atoms with Gasteiger partial charge in [0.05, 0.1) is 0 Å². The molecule has 1 atom stereocenters. The molecule has 0 saturated carbocycles. The molecule has 0 aromatic rings. The summed E-state index contributed by atoms with van der Waals surface area (Å²) >= 11 is 0. The summed E-state index contributed by atoms with van der Waals surface area (Å²) < 4.78 is 0. The molecular weight excluding hydrogens is 220 g/mol. The average molecular weight is 252 g/mol. The lowest BCUT2D eigenvalue weighted by molar-refractivity contribution is 0.125. The van der Waals surface area contributed by atoms with Crippen LogP contribution in [-0.2, 0) is 0 Å². The van der Waals surface area contributed by atoms with Gasteiger partial charge in [0, 0.05) is 26.0 Å². The summed E-state index contributed by atoms with van der Waals surface area (Å²) in [6.45, 7) is 8.12. The van der Waals surface area contributed by atoms with Crippen molar-refractivity contribution in [3.8, 4) is 0 Å². The lowest BCUT2D eigenvalue weighted by Gasteiger charge is -2.33. The fraction of sp³-hybridized carbons (Fsp3) is 0.875. The minimum absolute atomic E-state index is 0.574. The standard InChI is InChI=1S/C16H32N2/c1-5-6-7-8-9-10-11-12-18-14-13-17(4)16(18)15(2)3/h13-16H,5-12H2,1-4H3. The lowest BCUT2D eigenvalue weighted by atomic mass is 10.1. The van der Waals surface area contributed by atoms with Crippen LogP contribution < -0.4 is 0 Å². The van der Waals surface area contributed by atoms with Gasteiger partial charge in [-0.3, -0.25) is 0 Å². The molecular formula is C16H32N2. The molecule has 106 valence electrons. The van der Waals surface area contributed by atoms with Crippen molar-refractivity contribution in [2.75, 3.05) is 13.6 Å². The first kappa shape index (κ1) is 15.4. The molecule has 0 amide bonds. The number of hydrogen-bond acceptors (Lipinski definition) is 2. The molecule has 2 heteroatoms. The van der Waals surface area contributed by atoms with Gasteiger partial charge >= 0.3 is 0 Å². The Bertz CT molecular complexity index is 235. The molecule has 0 bridgehead atoms. The van der Waals surface area contributed by atoms with E-state index >= 15 is 0 Å².